The Morgan fingerprint density at radius 3 is 1.80 bits per heavy atom. The Balaban J connectivity index is 1.85. The summed E-state index contributed by atoms with van der Waals surface area (Å²) >= 11 is 0. The van der Waals surface area contributed by atoms with Crippen LogP contribution in [-0.4, -0.2) is 11.9 Å². The van der Waals surface area contributed by atoms with E-state index in [9.17, 15) is 14.7 Å². The fourth-order valence-corrected chi connectivity index (χ4v) is 3.63. The lowest BCUT2D eigenvalue weighted by Crippen LogP contribution is -2.45. The zero-order chi connectivity index (χ0) is 17.6. The van der Waals surface area contributed by atoms with Crippen LogP contribution in [0.3, 0.4) is 0 Å². The maximum Gasteiger partial charge on any atom is 0.224 e. The van der Waals surface area contributed by atoms with E-state index in [0.717, 1.165) is 24.0 Å². The van der Waals surface area contributed by atoms with Crippen LogP contribution >= 0.6 is 0 Å². The first kappa shape index (κ1) is 17.2. The average molecular weight is 336 g/mol. The summed E-state index contributed by atoms with van der Waals surface area (Å²) in [5, 5.41) is 14.5. The Bertz CT molecular complexity index is 675. The summed E-state index contributed by atoms with van der Waals surface area (Å²) in [4.78, 5) is 24.3. The van der Waals surface area contributed by atoms with Gasteiger partial charge in [0.05, 0.1) is 6.04 Å². The van der Waals surface area contributed by atoms with Crippen molar-refractivity contribution in [3.63, 3.8) is 0 Å². The van der Waals surface area contributed by atoms with E-state index in [4.69, 9.17) is 0 Å². The van der Waals surface area contributed by atoms with E-state index in [2.05, 4.69) is 5.32 Å². The maximum atomic E-state index is 12.9. The third kappa shape index (κ3) is 4.08. The second-order valence-corrected chi connectivity index (χ2v) is 6.58. The van der Waals surface area contributed by atoms with Crippen molar-refractivity contribution in [3.8, 4) is 0 Å². The van der Waals surface area contributed by atoms with Gasteiger partial charge in [0.15, 0.2) is 0 Å². The molecule has 4 nitrogen and oxygen atoms in total. The van der Waals surface area contributed by atoms with Gasteiger partial charge in [-0.3, -0.25) is 4.79 Å². The SMILES string of the molecule is O=C([O-])[C@H]1CCCC[C@H]1C(=O)NC(c1ccccc1)c1ccccc1. The number of hydrogen-bond donors (Lipinski definition) is 1. The van der Waals surface area contributed by atoms with Crippen LogP contribution in [0.5, 0.6) is 0 Å². The van der Waals surface area contributed by atoms with Gasteiger partial charge in [0.25, 0.3) is 0 Å². The fourth-order valence-electron chi connectivity index (χ4n) is 3.63. The van der Waals surface area contributed by atoms with E-state index >= 15 is 0 Å². The summed E-state index contributed by atoms with van der Waals surface area (Å²) in [7, 11) is 0. The molecule has 3 rings (SSSR count). The number of carbonyl (C=O) groups excluding carboxylic acids is 2. The van der Waals surface area contributed by atoms with E-state index < -0.39 is 17.8 Å². The molecule has 0 aromatic heterocycles. The third-order valence-electron chi connectivity index (χ3n) is 4.96. The van der Waals surface area contributed by atoms with Crippen molar-refractivity contribution in [3.05, 3.63) is 71.8 Å². The maximum absolute atomic E-state index is 12.9. The van der Waals surface area contributed by atoms with E-state index in [1.165, 1.54) is 0 Å². The fraction of sp³-hybridized carbons (Fsp3) is 0.333. The molecule has 2 aromatic rings. The van der Waals surface area contributed by atoms with Gasteiger partial charge in [0, 0.05) is 17.8 Å². The molecule has 25 heavy (non-hydrogen) atoms. The lowest BCUT2D eigenvalue weighted by atomic mass is 9.78. The number of carboxylic acids is 1. The number of carboxylic acid groups (broad SMARTS) is 1. The summed E-state index contributed by atoms with van der Waals surface area (Å²) in [6.07, 6.45) is 2.83. The zero-order valence-corrected chi connectivity index (χ0v) is 14.1. The van der Waals surface area contributed by atoms with E-state index in [-0.39, 0.29) is 11.9 Å². The van der Waals surface area contributed by atoms with Crippen molar-refractivity contribution in [1.82, 2.24) is 5.32 Å². The lowest BCUT2D eigenvalue weighted by Gasteiger charge is -2.32. The van der Waals surface area contributed by atoms with E-state index in [0.29, 0.717) is 12.8 Å². The Hall–Kier alpha value is -2.62. The molecule has 0 radical (unpaired) electrons. The monoisotopic (exact) mass is 336 g/mol. The van der Waals surface area contributed by atoms with Crippen LogP contribution in [0, 0.1) is 11.8 Å². The molecule has 1 amide bonds. The number of carbonyl (C=O) groups is 2. The highest BCUT2D eigenvalue weighted by Crippen LogP contribution is 2.31. The molecule has 1 saturated carbocycles. The second-order valence-electron chi connectivity index (χ2n) is 6.58. The van der Waals surface area contributed by atoms with Crippen LogP contribution < -0.4 is 10.4 Å². The minimum absolute atomic E-state index is 0.202. The normalized spacial score (nSPS) is 20.2. The first-order valence-electron chi connectivity index (χ1n) is 8.78. The van der Waals surface area contributed by atoms with Crippen LogP contribution in [0.25, 0.3) is 0 Å². The lowest BCUT2D eigenvalue weighted by molar-refractivity contribution is -0.314. The van der Waals surface area contributed by atoms with Gasteiger partial charge in [-0.15, -0.1) is 0 Å². The van der Waals surface area contributed by atoms with Crippen molar-refractivity contribution in [2.75, 3.05) is 0 Å². The standard InChI is InChI=1S/C21H23NO3/c23-20(17-13-7-8-14-18(17)21(24)25)22-19(15-9-3-1-4-10-15)16-11-5-2-6-12-16/h1-6,9-12,17-19H,7-8,13-14H2,(H,22,23)(H,24,25)/p-1/t17-,18+/m1/s1. The molecule has 0 unspecified atom stereocenters. The highest BCUT2D eigenvalue weighted by Gasteiger charge is 2.33. The van der Waals surface area contributed by atoms with E-state index in [1.54, 1.807) is 0 Å². The molecule has 1 fully saturated rings. The van der Waals surface area contributed by atoms with Crippen molar-refractivity contribution < 1.29 is 14.7 Å². The van der Waals surface area contributed by atoms with Crippen LogP contribution in [0.15, 0.2) is 60.7 Å². The molecule has 2 aromatic carbocycles. The summed E-state index contributed by atoms with van der Waals surface area (Å²) in [6.45, 7) is 0. The molecule has 1 N–H and O–H groups in total. The van der Waals surface area contributed by atoms with Gasteiger partial charge in [0.2, 0.25) is 5.91 Å². The Morgan fingerprint density at radius 2 is 1.32 bits per heavy atom. The topological polar surface area (TPSA) is 69.2 Å². The predicted molar refractivity (Wildman–Crippen MR) is 93.3 cm³/mol. The van der Waals surface area contributed by atoms with Gasteiger partial charge in [-0.05, 0) is 24.0 Å². The molecule has 0 bridgehead atoms. The molecule has 0 spiro atoms. The number of aliphatic carboxylic acids is 1. The van der Waals surface area contributed by atoms with Crippen molar-refractivity contribution in [1.29, 1.82) is 0 Å². The molecule has 4 heteroatoms. The molecule has 2 atom stereocenters. The molecule has 0 aliphatic heterocycles. The molecule has 0 saturated heterocycles. The molecule has 0 heterocycles. The van der Waals surface area contributed by atoms with Crippen LogP contribution in [0.2, 0.25) is 0 Å². The highest BCUT2D eigenvalue weighted by atomic mass is 16.4. The van der Waals surface area contributed by atoms with E-state index in [1.807, 2.05) is 60.7 Å². The van der Waals surface area contributed by atoms with Crippen molar-refractivity contribution >= 4 is 11.9 Å². The molecule has 130 valence electrons. The van der Waals surface area contributed by atoms with Crippen molar-refractivity contribution in [2.45, 2.75) is 31.7 Å². The van der Waals surface area contributed by atoms with Gasteiger partial charge >= 0.3 is 0 Å². The highest BCUT2D eigenvalue weighted by molar-refractivity contribution is 5.85. The zero-order valence-electron chi connectivity index (χ0n) is 14.1. The number of nitrogens with one attached hydrogen (secondary N) is 1. The number of rotatable bonds is 5. The first-order valence-corrected chi connectivity index (χ1v) is 8.78. The van der Waals surface area contributed by atoms with Crippen LogP contribution in [0.4, 0.5) is 0 Å². The number of amides is 1. The Labute approximate surface area is 147 Å². The molecular weight excluding hydrogens is 314 g/mol. The summed E-state index contributed by atoms with van der Waals surface area (Å²) in [5.41, 5.74) is 1.95. The summed E-state index contributed by atoms with van der Waals surface area (Å²) in [5.74, 6) is -2.53. The van der Waals surface area contributed by atoms with Gasteiger partial charge in [0.1, 0.15) is 0 Å². The second kappa shape index (κ2) is 7.97. The number of benzene rings is 2. The molecule has 1 aliphatic rings. The Kier molecular flexibility index (Phi) is 5.49. The minimum atomic E-state index is -1.11. The first-order chi connectivity index (χ1) is 12.2. The largest absolute Gasteiger partial charge is 0.550 e. The third-order valence-corrected chi connectivity index (χ3v) is 4.96. The van der Waals surface area contributed by atoms with Gasteiger partial charge < -0.3 is 15.2 Å². The average Bonchev–Trinajstić information content (AvgIpc) is 2.67. The molecular formula is C21H22NO3-. The van der Waals surface area contributed by atoms with Crippen molar-refractivity contribution in [2.24, 2.45) is 11.8 Å². The molecule has 1 aliphatic carbocycles. The van der Waals surface area contributed by atoms with Crippen LogP contribution in [-0.2, 0) is 9.59 Å². The van der Waals surface area contributed by atoms with Gasteiger partial charge in [-0.25, -0.2) is 0 Å². The smallest absolute Gasteiger partial charge is 0.224 e. The van der Waals surface area contributed by atoms with Gasteiger partial charge in [-0.2, -0.15) is 0 Å². The summed E-state index contributed by atoms with van der Waals surface area (Å²) < 4.78 is 0. The number of hydrogen-bond acceptors (Lipinski definition) is 3. The van der Waals surface area contributed by atoms with Crippen LogP contribution in [0.1, 0.15) is 42.9 Å². The summed E-state index contributed by atoms with van der Waals surface area (Å²) in [6, 6.07) is 19.2. The quantitative estimate of drug-likeness (QED) is 0.912. The Morgan fingerprint density at radius 1 is 0.840 bits per heavy atom. The van der Waals surface area contributed by atoms with Gasteiger partial charge in [-0.1, -0.05) is 73.5 Å². The minimum Gasteiger partial charge on any atom is -0.550 e. The predicted octanol–water partition coefficient (Wildman–Crippen LogP) is 2.45.